The van der Waals surface area contributed by atoms with E-state index in [2.05, 4.69) is 15.0 Å². The maximum atomic E-state index is 14.5. The third-order valence-electron chi connectivity index (χ3n) is 4.33. The predicted octanol–water partition coefficient (Wildman–Crippen LogP) is 3.19. The molecule has 0 fully saturated rings. The largest absolute Gasteiger partial charge is 0.323 e. The summed E-state index contributed by atoms with van der Waals surface area (Å²) in [5.41, 5.74) is 2.19. The number of rotatable bonds is 2. The molecule has 5 rings (SSSR count). The number of imidazole rings is 2. The number of benzene rings is 2. The van der Waals surface area contributed by atoms with Crippen LogP contribution in [0.3, 0.4) is 0 Å². The average Bonchev–Trinajstić information content (AvgIpc) is 3.30. The smallest absolute Gasteiger partial charge is 0.257 e. The number of nitrogens with zero attached hydrogens (tertiary/aromatic N) is 4. The number of aromatic amines is 1. The highest BCUT2D eigenvalue weighted by Crippen LogP contribution is 2.23. The summed E-state index contributed by atoms with van der Waals surface area (Å²) < 4.78 is 17.5. The van der Waals surface area contributed by atoms with Crippen LogP contribution in [0.1, 0.15) is 0 Å². The van der Waals surface area contributed by atoms with Gasteiger partial charge in [-0.3, -0.25) is 4.79 Å². The number of hydrogen-bond donors (Lipinski definition) is 1. The van der Waals surface area contributed by atoms with Crippen molar-refractivity contribution < 1.29 is 4.39 Å². The molecule has 0 atom stereocenters. The Bertz CT molecular complexity index is 1280. The van der Waals surface area contributed by atoms with Crippen molar-refractivity contribution in [2.75, 3.05) is 0 Å². The molecule has 26 heavy (non-hydrogen) atoms. The van der Waals surface area contributed by atoms with Crippen molar-refractivity contribution in [1.82, 2.24) is 24.1 Å². The second-order valence-electron chi connectivity index (χ2n) is 5.92. The zero-order valence-electron chi connectivity index (χ0n) is 13.4. The highest BCUT2D eigenvalue weighted by Gasteiger charge is 2.14. The molecule has 0 amide bonds. The van der Waals surface area contributed by atoms with Crippen LogP contribution in [0.15, 0.2) is 72.0 Å². The van der Waals surface area contributed by atoms with Crippen molar-refractivity contribution in [3.05, 3.63) is 83.4 Å². The van der Waals surface area contributed by atoms with Crippen LogP contribution >= 0.6 is 0 Å². The van der Waals surface area contributed by atoms with Crippen LogP contribution in [0, 0.1) is 5.82 Å². The highest BCUT2D eigenvalue weighted by atomic mass is 19.1. The zero-order valence-corrected chi connectivity index (χ0v) is 13.4. The Hall–Kier alpha value is -3.74. The van der Waals surface area contributed by atoms with Crippen molar-refractivity contribution in [2.45, 2.75) is 0 Å². The van der Waals surface area contributed by atoms with Gasteiger partial charge in [-0.1, -0.05) is 12.1 Å². The summed E-state index contributed by atoms with van der Waals surface area (Å²) in [7, 11) is 0. The lowest BCUT2D eigenvalue weighted by Gasteiger charge is -2.10. The van der Waals surface area contributed by atoms with E-state index in [-0.39, 0.29) is 5.56 Å². The van der Waals surface area contributed by atoms with Crippen LogP contribution in [-0.2, 0) is 0 Å². The Morgan fingerprint density at radius 3 is 2.77 bits per heavy atom. The molecular formula is C19H12FN5O. The lowest BCUT2D eigenvalue weighted by Crippen LogP contribution is -2.19. The molecule has 0 aliphatic carbocycles. The predicted molar refractivity (Wildman–Crippen MR) is 96.3 cm³/mol. The molecule has 2 aromatic carbocycles. The second kappa shape index (κ2) is 5.38. The SMILES string of the molecule is O=c1ccc2cc(F)c(-n3ccnc3)cc2n1-c1nc2ccccc2[nH]1. The number of nitrogens with one attached hydrogen (secondary N) is 1. The summed E-state index contributed by atoms with van der Waals surface area (Å²) in [6.45, 7) is 0. The van der Waals surface area contributed by atoms with Crippen LogP contribution in [0.4, 0.5) is 4.39 Å². The fraction of sp³-hybridized carbons (Fsp3) is 0. The molecular weight excluding hydrogens is 333 g/mol. The van der Waals surface area contributed by atoms with Gasteiger partial charge in [-0.25, -0.2) is 18.9 Å². The number of aromatic nitrogens is 5. The number of H-pyrrole nitrogens is 1. The third-order valence-corrected chi connectivity index (χ3v) is 4.33. The van der Waals surface area contributed by atoms with Crippen molar-refractivity contribution in [2.24, 2.45) is 0 Å². The van der Waals surface area contributed by atoms with Gasteiger partial charge in [-0.2, -0.15) is 0 Å². The first-order valence-corrected chi connectivity index (χ1v) is 7.99. The number of halogens is 1. The number of fused-ring (bicyclic) bond motifs is 2. The molecule has 0 aliphatic rings. The molecule has 0 aliphatic heterocycles. The highest BCUT2D eigenvalue weighted by molar-refractivity contribution is 5.83. The Balaban J connectivity index is 1.85. The quantitative estimate of drug-likeness (QED) is 0.534. The molecule has 0 unspecified atom stereocenters. The molecule has 3 aromatic heterocycles. The van der Waals surface area contributed by atoms with Gasteiger partial charge in [0.15, 0.2) is 0 Å². The normalized spacial score (nSPS) is 11.4. The van der Waals surface area contributed by atoms with Gasteiger partial charge >= 0.3 is 0 Å². The minimum absolute atomic E-state index is 0.250. The van der Waals surface area contributed by atoms with Gasteiger partial charge in [0.2, 0.25) is 5.95 Å². The fourth-order valence-electron chi connectivity index (χ4n) is 3.11. The summed E-state index contributed by atoms with van der Waals surface area (Å²) >= 11 is 0. The van der Waals surface area contributed by atoms with Crippen molar-refractivity contribution in [1.29, 1.82) is 0 Å². The average molecular weight is 345 g/mol. The Morgan fingerprint density at radius 2 is 1.96 bits per heavy atom. The van der Waals surface area contributed by atoms with Gasteiger partial charge in [0.25, 0.3) is 5.56 Å². The van der Waals surface area contributed by atoms with E-state index in [1.54, 1.807) is 29.1 Å². The maximum Gasteiger partial charge on any atom is 0.257 e. The van der Waals surface area contributed by atoms with E-state index in [4.69, 9.17) is 0 Å². The molecule has 5 aromatic rings. The van der Waals surface area contributed by atoms with Gasteiger partial charge in [0.05, 0.1) is 28.6 Å². The minimum Gasteiger partial charge on any atom is -0.323 e. The zero-order chi connectivity index (χ0) is 17.7. The van der Waals surface area contributed by atoms with E-state index >= 15 is 0 Å². The lowest BCUT2D eigenvalue weighted by atomic mass is 10.2. The van der Waals surface area contributed by atoms with Crippen LogP contribution in [0.2, 0.25) is 0 Å². The Kier molecular flexibility index (Phi) is 3.02. The monoisotopic (exact) mass is 345 g/mol. The maximum absolute atomic E-state index is 14.5. The summed E-state index contributed by atoms with van der Waals surface area (Å²) in [6.07, 6.45) is 4.73. The van der Waals surface area contributed by atoms with Crippen LogP contribution in [0.25, 0.3) is 33.6 Å². The van der Waals surface area contributed by atoms with Crippen LogP contribution < -0.4 is 5.56 Å². The van der Waals surface area contributed by atoms with Crippen molar-refractivity contribution in [3.63, 3.8) is 0 Å². The molecule has 0 spiro atoms. The van der Waals surface area contributed by atoms with Gasteiger partial charge in [-0.05, 0) is 30.3 Å². The Labute approximate surface area is 146 Å². The van der Waals surface area contributed by atoms with Crippen molar-refractivity contribution >= 4 is 21.9 Å². The van der Waals surface area contributed by atoms with E-state index in [0.717, 1.165) is 11.0 Å². The van der Waals surface area contributed by atoms with E-state index in [0.29, 0.717) is 22.5 Å². The van der Waals surface area contributed by atoms with Gasteiger partial charge < -0.3 is 9.55 Å². The van der Waals surface area contributed by atoms with Crippen molar-refractivity contribution in [3.8, 4) is 11.6 Å². The summed E-state index contributed by atoms with van der Waals surface area (Å²) in [4.78, 5) is 24.2. The van der Waals surface area contributed by atoms with E-state index in [1.165, 1.54) is 23.0 Å². The van der Waals surface area contributed by atoms with E-state index in [9.17, 15) is 9.18 Å². The molecule has 1 N–H and O–H groups in total. The van der Waals surface area contributed by atoms with Gasteiger partial charge in [-0.15, -0.1) is 0 Å². The van der Waals surface area contributed by atoms with Crippen LogP contribution in [0.5, 0.6) is 0 Å². The molecule has 0 saturated heterocycles. The number of pyridine rings is 1. The van der Waals surface area contributed by atoms with E-state index < -0.39 is 5.82 Å². The minimum atomic E-state index is -0.398. The Morgan fingerprint density at radius 1 is 1.08 bits per heavy atom. The first-order chi connectivity index (χ1) is 12.7. The van der Waals surface area contributed by atoms with Crippen LogP contribution in [-0.4, -0.2) is 24.1 Å². The molecule has 3 heterocycles. The molecule has 7 heteroatoms. The summed E-state index contributed by atoms with van der Waals surface area (Å²) in [5, 5.41) is 0.603. The molecule has 0 radical (unpaired) electrons. The molecule has 0 saturated carbocycles. The second-order valence-corrected chi connectivity index (χ2v) is 5.92. The lowest BCUT2D eigenvalue weighted by molar-refractivity contribution is 0.619. The molecule has 0 bridgehead atoms. The first kappa shape index (κ1) is 14.6. The van der Waals surface area contributed by atoms with Gasteiger partial charge in [0, 0.05) is 23.8 Å². The van der Waals surface area contributed by atoms with Gasteiger partial charge in [0.1, 0.15) is 5.82 Å². The first-order valence-electron chi connectivity index (χ1n) is 7.99. The topological polar surface area (TPSA) is 68.5 Å². The van der Waals surface area contributed by atoms with E-state index in [1.807, 2.05) is 24.3 Å². The molecule has 126 valence electrons. The fourth-order valence-corrected chi connectivity index (χ4v) is 3.11. The number of para-hydroxylation sites is 2. The molecule has 6 nitrogen and oxygen atoms in total. The summed E-state index contributed by atoms with van der Waals surface area (Å²) in [5.74, 6) is -0.00436. The standard InChI is InChI=1S/C19H12FN5O/c20-13-9-12-5-6-18(26)25(16(12)10-17(13)24-8-7-21-11-24)19-22-14-3-1-2-4-15(14)23-19/h1-11H,(H,22,23). The third kappa shape index (κ3) is 2.14. The summed E-state index contributed by atoms with van der Waals surface area (Å²) in [6, 6.07) is 13.6. The number of hydrogen-bond acceptors (Lipinski definition) is 3.